The molecule has 0 atom stereocenters. The normalized spacial score (nSPS) is 10.9. The average molecular weight is 140 g/mol. The van der Waals surface area contributed by atoms with E-state index in [0.29, 0.717) is 0 Å². The molecule has 0 aromatic rings. The van der Waals surface area contributed by atoms with Gasteiger partial charge in [0.15, 0.2) is 0 Å². The van der Waals surface area contributed by atoms with Gasteiger partial charge in [0.2, 0.25) is 0 Å². The largest absolute Gasteiger partial charge is 0.135 e. The first-order valence-corrected chi connectivity index (χ1v) is 6.81. The van der Waals surface area contributed by atoms with Crippen LogP contribution in [-0.4, -0.2) is 8.07 Å². The van der Waals surface area contributed by atoms with Crippen molar-refractivity contribution in [3.05, 3.63) is 0 Å². The molecule has 1 heteroatoms. The molecule has 0 spiro atoms. The Morgan fingerprint density at radius 2 is 2.00 bits per heavy atom. The molecule has 0 aromatic carbocycles. The Kier molecular flexibility index (Phi) is 3.64. The Balaban J connectivity index is 3.49. The van der Waals surface area contributed by atoms with Crippen molar-refractivity contribution in [2.75, 3.05) is 0 Å². The van der Waals surface area contributed by atoms with Crippen LogP contribution >= 0.6 is 0 Å². The second kappa shape index (κ2) is 3.74. The molecule has 0 unspecified atom stereocenters. The molecule has 0 aromatic heterocycles. The molecule has 0 amide bonds. The molecule has 0 rings (SSSR count). The number of hydrogen-bond acceptors (Lipinski definition) is 0. The molecule has 0 aliphatic heterocycles. The minimum atomic E-state index is -1.17. The van der Waals surface area contributed by atoms with Crippen LogP contribution in [0.5, 0.6) is 0 Å². The van der Waals surface area contributed by atoms with Gasteiger partial charge in [0.05, 0.1) is 0 Å². The molecular formula is C8H16Si. The van der Waals surface area contributed by atoms with E-state index in [9.17, 15) is 0 Å². The molecule has 0 radical (unpaired) electrons. The lowest BCUT2D eigenvalue weighted by Gasteiger charge is -2.12. The molecule has 0 bridgehead atoms. The third-order valence-electron chi connectivity index (χ3n) is 1.55. The van der Waals surface area contributed by atoms with Crippen molar-refractivity contribution in [1.82, 2.24) is 0 Å². The Morgan fingerprint density at radius 3 is 2.33 bits per heavy atom. The molecule has 0 N–H and O–H groups in total. The topological polar surface area (TPSA) is 0 Å². The maximum Gasteiger partial charge on any atom is 0.132 e. The van der Waals surface area contributed by atoms with Crippen molar-refractivity contribution in [3.63, 3.8) is 0 Å². The number of unbranched alkanes of at least 4 members (excludes halogenated alkanes) is 1. The Hall–Kier alpha value is -0.223. The fourth-order valence-electron chi connectivity index (χ4n) is 0.691. The zero-order valence-electron chi connectivity index (χ0n) is 6.70. The van der Waals surface area contributed by atoms with E-state index in [0.717, 1.165) is 0 Å². The summed E-state index contributed by atoms with van der Waals surface area (Å²) in [6.07, 6.45) is 7.94. The maximum absolute atomic E-state index is 5.36. The van der Waals surface area contributed by atoms with Crippen LogP contribution in [0.2, 0.25) is 19.1 Å². The maximum atomic E-state index is 5.36. The fourth-order valence-corrected chi connectivity index (χ4v) is 2.07. The first-order chi connectivity index (χ1) is 4.12. The molecule has 0 aliphatic carbocycles. The first kappa shape index (κ1) is 8.78. The average Bonchev–Trinajstić information content (AvgIpc) is 1.84. The quantitative estimate of drug-likeness (QED) is 0.417. The van der Waals surface area contributed by atoms with Crippen LogP contribution in [0.4, 0.5) is 0 Å². The number of rotatable bonds is 3. The van der Waals surface area contributed by atoms with Gasteiger partial charge in [0, 0.05) is 0 Å². The summed E-state index contributed by atoms with van der Waals surface area (Å²) in [5.74, 6) is 0. The van der Waals surface area contributed by atoms with Gasteiger partial charge in [-0.25, -0.2) is 0 Å². The highest BCUT2D eigenvalue weighted by Crippen LogP contribution is 2.11. The van der Waals surface area contributed by atoms with Gasteiger partial charge in [-0.1, -0.05) is 32.9 Å². The summed E-state index contributed by atoms with van der Waals surface area (Å²) in [6.45, 7) is 6.71. The smallest absolute Gasteiger partial charge is 0.132 e. The lowest BCUT2D eigenvalue weighted by atomic mass is 10.4. The van der Waals surface area contributed by atoms with Gasteiger partial charge in [0.25, 0.3) is 0 Å². The summed E-state index contributed by atoms with van der Waals surface area (Å²) in [4.78, 5) is 0. The molecule has 0 saturated carbocycles. The second-order valence-corrected chi connectivity index (χ2v) is 7.69. The van der Waals surface area contributed by atoms with E-state index >= 15 is 0 Å². The van der Waals surface area contributed by atoms with Crippen LogP contribution in [0.1, 0.15) is 19.8 Å². The Morgan fingerprint density at radius 1 is 1.44 bits per heavy atom. The zero-order valence-corrected chi connectivity index (χ0v) is 7.70. The highest BCUT2D eigenvalue weighted by Gasteiger charge is 2.15. The van der Waals surface area contributed by atoms with Gasteiger partial charge >= 0.3 is 0 Å². The van der Waals surface area contributed by atoms with Crippen LogP contribution < -0.4 is 0 Å². The summed E-state index contributed by atoms with van der Waals surface area (Å²) in [5.41, 5.74) is 2.92. The molecule has 0 aliphatic rings. The van der Waals surface area contributed by atoms with Gasteiger partial charge in [0.1, 0.15) is 8.07 Å². The van der Waals surface area contributed by atoms with Gasteiger partial charge < -0.3 is 0 Å². The van der Waals surface area contributed by atoms with E-state index in [1.165, 1.54) is 18.9 Å². The summed E-state index contributed by atoms with van der Waals surface area (Å²) in [6, 6.07) is 1.29. The fraction of sp³-hybridized carbons (Fsp3) is 0.750. The molecule has 0 saturated heterocycles. The Labute approximate surface area is 59.7 Å². The van der Waals surface area contributed by atoms with E-state index in [4.69, 9.17) is 6.42 Å². The summed E-state index contributed by atoms with van der Waals surface area (Å²) in [5, 5.41) is 0. The number of hydrogen-bond donors (Lipinski definition) is 0. The Bertz CT molecular complexity index is 108. The number of terminal acetylenes is 1. The minimum Gasteiger partial charge on any atom is -0.135 e. The summed E-state index contributed by atoms with van der Waals surface area (Å²) >= 11 is 0. The van der Waals surface area contributed by atoms with Crippen LogP contribution in [-0.2, 0) is 0 Å². The van der Waals surface area contributed by atoms with E-state index in [-0.39, 0.29) is 0 Å². The highest BCUT2D eigenvalue weighted by atomic mass is 28.3. The molecular weight excluding hydrogens is 124 g/mol. The molecule has 0 heterocycles. The van der Waals surface area contributed by atoms with Crippen LogP contribution in [0.15, 0.2) is 0 Å². The lowest BCUT2D eigenvalue weighted by molar-refractivity contribution is 0.871. The van der Waals surface area contributed by atoms with Gasteiger partial charge in [-0.15, -0.1) is 12.0 Å². The predicted octanol–water partition coefficient (Wildman–Crippen LogP) is 2.67. The van der Waals surface area contributed by atoms with Crippen molar-refractivity contribution in [2.24, 2.45) is 0 Å². The molecule has 0 fully saturated rings. The summed E-state index contributed by atoms with van der Waals surface area (Å²) < 4.78 is 0. The second-order valence-electron chi connectivity index (χ2n) is 3.13. The van der Waals surface area contributed by atoms with E-state index in [1.54, 1.807) is 0 Å². The van der Waals surface area contributed by atoms with Crippen LogP contribution in [0, 0.1) is 12.0 Å². The van der Waals surface area contributed by atoms with Crippen molar-refractivity contribution < 1.29 is 0 Å². The third-order valence-corrected chi connectivity index (χ3v) is 3.93. The molecule has 0 nitrogen and oxygen atoms in total. The standard InChI is InChI=1S/C8H16Si/c1-5-7-8-9(3,4)6-2/h2H,5,7-8H2,1,3-4H3. The van der Waals surface area contributed by atoms with Gasteiger partial charge in [-0.2, -0.15) is 0 Å². The van der Waals surface area contributed by atoms with Gasteiger partial charge in [-0.05, 0) is 6.04 Å². The van der Waals surface area contributed by atoms with Crippen molar-refractivity contribution in [3.8, 4) is 12.0 Å². The van der Waals surface area contributed by atoms with Crippen molar-refractivity contribution in [1.29, 1.82) is 0 Å². The predicted molar refractivity (Wildman–Crippen MR) is 46.0 cm³/mol. The van der Waals surface area contributed by atoms with Crippen molar-refractivity contribution >= 4 is 8.07 Å². The van der Waals surface area contributed by atoms with E-state index in [2.05, 4.69) is 25.6 Å². The monoisotopic (exact) mass is 140 g/mol. The van der Waals surface area contributed by atoms with Gasteiger partial charge in [-0.3, -0.25) is 0 Å². The summed E-state index contributed by atoms with van der Waals surface area (Å²) in [7, 11) is -1.17. The molecule has 52 valence electrons. The zero-order chi connectivity index (χ0) is 7.33. The molecule has 9 heavy (non-hydrogen) atoms. The SMILES string of the molecule is C#C[Si](C)(C)CCCC. The van der Waals surface area contributed by atoms with Crippen molar-refractivity contribution in [2.45, 2.75) is 38.9 Å². The third kappa shape index (κ3) is 4.29. The minimum absolute atomic E-state index is 1.17. The van der Waals surface area contributed by atoms with E-state index < -0.39 is 8.07 Å². The van der Waals surface area contributed by atoms with Crippen LogP contribution in [0.3, 0.4) is 0 Å². The van der Waals surface area contributed by atoms with Crippen LogP contribution in [0.25, 0.3) is 0 Å². The first-order valence-electron chi connectivity index (χ1n) is 3.60. The highest BCUT2D eigenvalue weighted by molar-refractivity contribution is 6.84. The lowest BCUT2D eigenvalue weighted by Crippen LogP contribution is -2.22. The van der Waals surface area contributed by atoms with E-state index in [1.807, 2.05) is 0 Å².